The van der Waals surface area contributed by atoms with Gasteiger partial charge in [-0.2, -0.15) is 0 Å². The Morgan fingerprint density at radius 2 is 1.95 bits per heavy atom. The number of ether oxygens (including phenoxy) is 1. The smallest absolute Gasteiger partial charge is 0.171 e. The Balaban J connectivity index is 1.78. The molecule has 106 valence electrons. The van der Waals surface area contributed by atoms with Crippen LogP contribution >= 0.6 is 0 Å². The number of nitrogens with two attached hydrogens (primary N) is 1. The maximum atomic E-state index is 5.96. The molecular weight excluding hydrogens is 252 g/mol. The van der Waals surface area contributed by atoms with Crippen molar-refractivity contribution in [1.29, 1.82) is 0 Å². The highest BCUT2D eigenvalue weighted by Crippen LogP contribution is 2.29. The van der Waals surface area contributed by atoms with Crippen LogP contribution in [0.3, 0.4) is 0 Å². The van der Waals surface area contributed by atoms with Crippen LogP contribution in [-0.2, 0) is 6.54 Å². The molecule has 0 aliphatic heterocycles. The summed E-state index contributed by atoms with van der Waals surface area (Å²) < 4.78 is 11.3. The van der Waals surface area contributed by atoms with Gasteiger partial charge in [0.25, 0.3) is 0 Å². The second kappa shape index (κ2) is 5.67. The van der Waals surface area contributed by atoms with E-state index < -0.39 is 0 Å². The molecule has 0 spiro atoms. The third-order valence-electron chi connectivity index (χ3n) is 3.91. The van der Waals surface area contributed by atoms with E-state index in [2.05, 4.69) is 5.16 Å². The van der Waals surface area contributed by atoms with Gasteiger partial charge in [0.2, 0.25) is 0 Å². The average molecular weight is 272 g/mol. The lowest BCUT2D eigenvalue weighted by molar-refractivity contribution is 0.210. The minimum atomic E-state index is 0.382. The van der Waals surface area contributed by atoms with E-state index in [1.54, 1.807) is 0 Å². The van der Waals surface area contributed by atoms with Gasteiger partial charge in [0.05, 0.1) is 11.8 Å². The van der Waals surface area contributed by atoms with E-state index in [0.717, 1.165) is 28.3 Å². The lowest BCUT2D eigenvalue weighted by Gasteiger charge is -2.13. The number of hydrogen-bond acceptors (Lipinski definition) is 4. The van der Waals surface area contributed by atoms with E-state index in [1.807, 2.05) is 31.2 Å². The molecule has 1 fully saturated rings. The predicted molar refractivity (Wildman–Crippen MR) is 77.5 cm³/mol. The molecule has 0 radical (unpaired) electrons. The van der Waals surface area contributed by atoms with E-state index in [9.17, 15) is 0 Å². The predicted octanol–water partition coefficient (Wildman–Crippen LogP) is 3.43. The molecule has 0 amide bonds. The van der Waals surface area contributed by atoms with Crippen molar-refractivity contribution in [2.75, 3.05) is 0 Å². The van der Waals surface area contributed by atoms with Gasteiger partial charge in [-0.3, -0.25) is 0 Å². The monoisotopic (exact) mass is 272 g/mol. The quantitative estimate of drug-likeness (QED) is 0.926. The normalized spacial score (nSPS) is 15.7. The Kier molecular flexibility index (Phi) is 3.74. The molecule has 1 aliphatic carbocycles. The Hall–Kier alpha value is -1.81. The first kappa shape index (κ1) is 13.2. The highest BCUT2D eigenvalue weighted by Gasteiger charge is 2.17. The fraction of sp³-hybridized carbons (Fsp3) is 0.438. The Labute approximate surface area is 118 Å². The van der Waals surface area contributed by atoms with E-state index in [4.69, 9.17) is 15.0 Å². The van der Waals surface area contributed by atoms with Crippen LogP contribution in [0.2, 0.25) is 0 Å². The topological polar surface area (TPSA) is 61.3 Å². The van der Waals surface area contributed by atoms with Gasteiger partial charge >= 0.3 is 0 Å². The Morgan fingerprint density at radius 3 is 2.60 bits per heavy atom. The molecule has 2 N–H and O–H groups in total. The molecule has 0 bridgehead atoms. The molecule has 1 heterocycles. The summed E-state index contributed by atoms with van der Waals surface area (Å²) in [6, 6.07) is 7.99. The number of benzene rings is 1. The molecule has 1 aromatic carbocycles. The summed E-state index contributed by atoms with van der Waals surface area (Å²) in [6.07, 6.45) is 5.27. The first-order valence-corrected chi connectivity index (χ1v) is 7.20. The van der Waals surface area contributed by atoms with Crippen LogP contribution in [0, 0.1) is 6.92 Å². The molecule has 0 saturated heterocycles. The first-order chi connectivity index (χ1) is 9.78. The summed E-state index contributed by atoms with van der Waals surface area (Å²) in [6.45, 7) is 2.34. The second-order valence-electron chi connectivity index (χ2n) is 5.33. The fourth-order valence-electron chi connectivity index (χ4n) is 2.74. The fourth-order valence-corrected chi connectivity index (χ4v) is 2.74. The van der Waals surface area contributed by atoms with Crippen molar-refractivity contribution >= 4 is 0 Å². The van der Waals surface area contributed by atoms with E-state index in [1.165, 1.54) is 25.7 Å². The highest BCUT2D eigenvalue weighted by atomic mass is 16.5. The molecule has 0 unspecified atom stereocenters. The summed E-state index contributed by atoms with van der Waals surface area (Å²) in [5, 5.41) is 3.98. The van der Waals surface area contributed by atoms with E-state index >= 15 is 0 Å². The van der Waals surface area contributed by atoms with Crippen LogP contribution < -0.4 is 10.5 Å². The number of rotatable bonds is 4. The molecule has 0 atom stereocenters. The van der Waals surface area contributed by atoms with Crippen LogP contribution in [0.1, 0.15) is 36.9 Å². The summed E-state index contributed by atoms with van der Waals surface area (Å²) in [7, 11) is 0. The molecule has 3 rings (SSSR count). The van der Waals surface area contributed by atoms with Gasteiger partial charge < -0.3 is 15.0 Å². The number of hydrogen-bond donors (Lipinski definition) is 1. The SMILES string of the molecule is Cc1noc(-c2ccc(OC3CCCC3)cc2)c1CN. The molecule has 1 saturated carbocycles. The summed E-state index contributed by atoms with van der Waals surface area (Å²) in [5.74, 6) is 1.68. The minimum Gasteiger partial charge on any atom is -0.490 e. The van der Waals surface area contributed by atoms with Crippen LogP contribution in [-0.4, -0.2) is 11.3 Å². The van der Waals surface area contributed by atoms with Gasteiger partial charge in [0, 0.05) is 17.7 Å². The van der Waals surface area contributed by atoms with Gasteiger partial charge in [0.15, 0.2) is 5.76 Å². The van der Waals surface area contributed by atoms with Gasteiger partial charge in [0.1, 0.15) is 5.75 Å². The molecule has 1 aliphatic rings. The molecule has 2 aromatic rings. The zero-order valence-electron chi connectivity index (χ0n) is 11.8. The first-order valence-electron chi connectivity index (χ1n) is 7.20. The van der Waals surface area contributed by atoms with Gasteiger partial charge in [-0.15, -0.1) is 0 Å². The third kappa shape index (κ3) is 2.56. The minimum absolute atomic E-state index is 0.382. The van der Waals surface area contributed by atoms with Gasteiger partial charge in [-0.1, -0.05) is 5.16 Å². The van der Waals surface area contributed by atoms with Gasteiger partial charge in [-0.25, -0.2) is 0 Å². The third-order valence-corrected chi connectivity index (χ3v) is 3.91. The van der Waals surface area contributed by atoms with E-state index in [0.29, 0.717) is 12.6 Å². The Morgan fingerprint density at radius 1 is 1.25 bits per heavy atom. The van der Waals surface area contributed by atoms with E-state index in [-0.39, 0.29) is 0 Å². The van der Waals surface area contributed by atoms with Crippen LogP contribution in [0.4, 0.5) is 0 Å². The highest BCUT2D eigenvalue weighted by molar-refractivity contribution is 5.62. The molecule has 4 heteroatoms. The zero-order valence-corrected chi connectivity index (χ0v) is 11.8. The largest absolute Gasteiger partial charge is 0.490 e. The second-order valence-corrected chi connectivity index (χ2v) is 5.33. The van der Waals surface area contributed by atoms with Crippen molar-refractivity contribution in [3.8, 4) is 17.1 Å². The molecule has 20 heavy (non-hydrogen) atoms. The zero-order chi connectivity index (χ0) is 13.9. The number of nitrogens with zero attached hydrogens (tertiary/aromatic N) is 1. The van der Waals surface area contributed by atoms with Crippen LogP contribution in [0.15, 0.2) is 28.8 Å². The average Bonchev–Trinajstić information content (AvgIpc) is 3.09. The number of aryl methyl sites for hydroxylation is 1. The van der Waals surface area contributed by atoms with Crippen molar-refractivity contribution < 1.29 is 9.26 Å². The molecule has 1 aromatic heterocycles. The maximum Gasteiger partial charge on any atom is 0.171 e. The standard InChI is InChI=1S/C16H20N2O2/c1-11-15(10-17)16(20-18-11)12-6-8-14(9-7-12)19-13-4-2-3-5-13/h6-9,13H,2-5,10,17H2,1H3. The molecular formula is C16H20N2O2. The Bertz CT molecular complexity index is 569. The lowest BCUT2D eigenvalue weighted by atomic mass is 10.1. The number of aromatic nitrogens is 1. The lowest BCUT2D eigenvalue weighted by Crippen LogP contribution is -2.10. The summed E-state index contributed by atoms with van der Waals surface area (Å²) in [4.78, 5) is 0. The summed E-state index contributed by atoms with van der Waals surface area (Å²) in [5.41, 5.74) is 8.56. The van der Waals surface area contributed by atoms with Crippen molar-refractivity contribution in [1.82, 2.24) is 5.16 Å². The van der Waals surface area contributed by atoms with Crippen molar-refractivity contribution in [2.45, 2.75) is 45.3 Å². The van der Waals surface area contributed by atoms with Crippen molar-refractivity contribution in [3.05, 3.63) is 35.5 Å². The van der Waals surface area contributed by atoms with Crippen molar-refractivity contribution in [2.24, 2.45) is 5.73 Å². The van der Waals surface area contributed by atoms with Crippen LogP contribution in [0.5, 0.6) is 5.75 Å². The molecule has 4 nitrogen and oxygen atoms in total. The maximum absolute atomic E-state index is 5.96. The summed E-state index contributed by atoms with van der Waals surface area (Å²) >= 11 is 0. The van der Waals surface area contributed by atoms with Crippen LogP contribution in [0.25, 0.3) is 11.3 Å². The van der Waals surface area contributed by atoms with Crippen molar-refractivity contribution in [3.63, 3.8) is 0 Å². The van der Waals surface area contributed by atoms with Gasteiger partial charge in [-0.05, 0) is 56.9 Å².